The van der Waals surface area contributed by atoms with Gasteiger partial charge in [0.15, 0.2) is 0 Å². The third kappa shape index (κ3) is 4.61. The van der Waals surface area contributed by atoms with Crippen LogP contribution < -0.4 is 5.73 Å². The molecule has 1 aliphatic rings. The quantitative estimate of drug-likeness (QED) is 0.703. The van der Waals surface area contributed by atoms with Crippen molar-refractivity contribution < 1.29 is 17.9 Å². The van der Waals surface area contributed by atoms with E-state index in [1.807, 2.05) is 6.92 Å². The van der Waals surface area contributed by atoms with Crippen LogP contribution in [0.3, 0.4) is 0 Å². The minimum absolute atomic E-state index is 0.000494. The molecule has 17 heavy (non-hydrogen) atoms. The summed E-state index contributed by atoms with van der Waals surface area (Å²) < 4.78 is 27.2. The highest BCUT2D eigenvalue weighted by molar-refractivity contribution is 7.90. The lowest BCUT2D eigenvalue weighted by molar-refractivity contribution is -0.140. The zero-order valence-corrected chi connectivity index (χ0v) is 11.1. The fourth-order valence-electron chi connectivity index (χ4n) is 1.73. The summed E-state index contributed by atoms with van der Waals surface area (Å²) in [4.78, 5) is 13.6. The third-order valence-electron chi connectivity index (χ3n) is 2.77. The molecule has 7 heteroatoms. The molecule has 0 aromatic heterocycles. The van der Waals surface area contributed by atoms with Crippen LogP contribution in [0.25, 0.3) is 0 Å². The van der Waals surface area contributed by atoms with Gasteiger partial charge in [-0.25, -0.2) is 8.42 Å². The molecule has 100 valence electrons. The summed E-state index contributed by atoms with van der Waals surface area (Å²) in [5, 5.41) is 0. The third-order valence-corrected chi connectivity index (χ3v) is 3.74. The Labute approximate surface area is 102 Å². The molecule has 1 saturated heterocycles. The number of hydrogen-bond acceptors (Lipinski definition) is 5. The molecule has 0 saturated carbocycles. The van der Waals surface area contributed by atoms with Crippen molar-refractivity contribution in [1.82, 2.24) is 4.90 Å². The van der Waals surface area contributed by atoms with Gasteiger partial charge in [-0.3, -0.25) is 4.79 Å². The van der Waals surface area contributed by atoms with E-state index in [4.69, 9.17) is 10.5 Å². The smallest absolute Gasteiger partial charge is 0.239 e. The fraction of sp³-hybridized carbons (Fsp3) is 0.900. The zero-order valence-electron chi connectivity index (χ0n) is 10.3. The number of nitrogens with zero attached hydrogens (tertiary/aromatic N) is 1. The summed E-state index contributed by atoms with van der Waals surface area (Å²) in [7, 11) is -3.07. The number of carbonyl (C=O) groups excluding carboxylic acids is 1. The molecule has 0 aromatic carbocycles. The first-order chi connectivity index (χ1) is 7.81. The van der Waals surface area contributed by atoms with E-state index >= 15 is 0 Å². The van der Waals surface area contributed by atoms with Crippen LogP contribution in [0.4, 0.5) is 0 Å². The Morgan fingerprint density at radius 2 is 2.24 bits per heavy atom. The van der Waals surface area contributed by atoms with E-state index in [0.29, 0.717) is 19.8 Å². The molecule has 0 radical (unpaired) electrons. The van der Waals surface area contributed by atoms with Crippen LogP contribution in [-0.4, -0.2) is 63.1 Å². The molecule has 0 spiro atoms. The van der Waals surface area contributed by atoms with E-state index in [9.17, 15) is 13.2 Å². The first kappa shape index (κ1) is 14.4. The molecule has 0 aliphatic carbocycles. The van der Waals surface area contributed by atoms with Gasteiger partial charge in [0.25, 0.3) is 0 Å². The maximum Gasteiger partial charge on any atom is 0.239 e. The molecule has 2 N–H and O–H groups in total. The largest absolute Gasteiger partial charge is 0.377 e. The maximum atomic E-state index is 12.0. The predicted octanol–water partition coefficient (Wildman–Crippen LogP) is -1.00. The Balaban J connectivity index is 2.50. The fourth-order valence-corrected chi connectivity index (χ4v) is 2.41. The molecule has 1 heterocycles. The van der Waals surface area contributed by atoms with E-state index in [2.05, 4.69) is 0 Å². The molecule has 1 aliphatic heterocycles. The van der Waals surface area contributed by atoms with Crippen LogP contribution in [-0.2, 0) is 19.4 Å². The van der Waals surface area contributed by atoms with Gasteiger partial charge in [0.1, 0.15) is 9.84 Å². The Morgan fingerprint density at radius 3 is 2.76 bits per heavy atom. The maximum absolute atomic E-state index is 12.0. The highest BCUT2D eigenvalue weighted by Gasteiger charge is 2.28. The summed E-state index contributed by atoms with van der Waals surface area (Å²) in [6.45, 7) is 3.42. The standard InChI is InChI=1S/C10H20N2O4S/c1-8-7-16-5-4-12(8)10(13)9(11)3-6-17(2,14)15/h8-9H,3-7,11H2,1-2H3. The van der Waals surface area contributed by atoms with E-state index in [0.717, 1.165) is 6.26 Å². The predicted molar refractivity (Wildman–Crippen MR) is 64.3 cm³/mol. The van der Waals surface area contributed by atoms with Crippen molar-refractivity contribution in [2.75, 3.05) is 31.8 Å². The molecular formula is C10H20N2O4S. The van der Waals surface area contributed by atoms with Crippen molar-refractivity contribution in [3.8, 4) is 0 Å². The summed E-state index contributed by atoms with van der Waals surface area (Å²) in [5.41, 5.74) is 5.72. The molecule has 2 atom stereocenters. The van der Waals surface area contributed by atoms with E-state index < -0.39 is 15.9 Å². The van der Waals surface area contributed by atoms with E-state index in [-0.39, 0.29) is 24.1 Å². The number of amides is 1. The van der Waals surface area contributed by atoms with Gasteiger partial charge in [0.2, 0.25) is 5.91 Å². The van der Waals surface area contributed by atoms with Gasteiger partial charge in [-0.15, -0.1) is 0 Å². The second kappa shape index (κ2) is 5.79. The topological polar surface area (TPSA) is 89.7 Å². The molecule has 6 nitrogen and oxygen atoms in total. The number of sulfone groups is 1. The van der Waals surface area contributed by atoms with Gasteiger partial charge in [0, 0.05) is 12.8 Å². The Morgan fingerprint density at radius 1 is 1.59 bits per heavy atom. The van der Waals surface area contributed by atoms with Crippen LogP contribution in [0.2, 0.25) is 0 Å². The second-order valence-corrected chi connectivity index (χ2v) is 6.74. The molecular weight excluding hydrogens is 244 g/mol. The molecule has 1 rings (SSSR count). The Bertz CT molecular complexity index is 369. The monoisotopic (exact) mass is 264 g/mol. The highest BCUT2D eigenvalue weighted by Crippen LogP contribution is 2.09. The second-order valence-electron chi connectivity index (χ2n) is 4.48. The average molecular weight is 264 g/mol. The van der Waals surface area contributed by atoms with Crippen LogP contribution in [0, 0.1) is 0 Å². The lowest BCUT2D eigenvalue weighted by Crippen LogP contribution is -2.53. The van der Waals surface area contributed by atoms with Crippen molar-refractivity contribution in [2.24, 2.45) is 5.73 Å². The van der Waals surface area contributed by atoms with Crippen LogP contribution >= 0.6 is 0 Å². The van der Waals surface area contributed by atoms with E-state index in [1.165, 1.54) is 0 Å². The normalized spacial score (nSPS) is 23.5. The minimum atomic E-state index is -3.07. The van der Waals surface area contributed by atoms with Gasteiger partial charge in [-0.05, 0) is 13.3 Å². The van der Waals surface area contributed by atoms with Gasteiger partial charge >= 0.3 is 0 Å². The van der Waals surface area contributed by atoms with Crippen LogP contribution in [0.15, 0.2) is 0 Å². The lowest BCUT2D eigenvalue weighted by Gasteiger charge is -2.34. The van der Waals surface area contributed by atoms with Gasteiger partial charge in [-0.1, -0.05) is 0 Å². The molecule has 1 fully saturated rings. The van der Waals surface area contributed by atoms with Crippen molar-refractivity contribution in [1.29, 1.82) is 0 Å². The van der Waals surface area contributed by atoms with Gasteiger partial charge < -0.3 is 15.4 Å². The SMILES string of the molecule is CC1COCCN1C(=O)C(N)CCS(C)(=O)=O. The molecule has 0 aromatic rings. The van der Waals surface area contributed by atoms with E-state index in [1.54, 1.807) is 4.90 Å². The van der Waals surface area contributed by atoms with Gasteiger partial charge in [0.05, 0.1) is 31.1 Å². The number of ether oxygens (including phenoxy) is 1. The highest BCUT2D eigenvalue weighted by atomic mass is 32.2. The summed E-state index contributed by atoms with van der Waals surface area (Å²) in [6.07, 6.45) is 1.31. The first-order valence-corrected chi connectivity index (χ1v) is 7.69. The Hall–Kier alpha value is -0.660. The van der Waals surface area contributed by atoms with Crippen LogP contribution in [0.5, 0.6) is 0 Å². The van der Waals surface area contributed by atoms with Gasteiger partial charge in [-0.2, -0.15) is 0 Å². The Kier molecular flexibility index (Phi) is 4.91. The molecule has 2 unspecified atom stereocenters. The summed E-state index contributed by atoms with van der Waals surface area (Å²) >= 11 is 0. The number of rotatable bonds is 4. The van der Waals surface area contributed by atoms with Crippen molar-refractivity contribution in [2.45, 2.75) is 25.4 Å². The minimum Gasteiger partial charge on any atom is -0.377 e. The van der Waals surface area contributed by atoms with Crippen molar-refractivity contribution in [3.63, 3.8) is 0 Å². The van der Waals surface area contributed by atoms with Crippen molar-refractivity contribution >= 4 is 15.7 Å². The molecule has 0 bridgehead atoms. The number of hydrogen-bond donors (Lipinski definition) is 1. The lowest BCUT2D eigenvalue weighted by atomic mass is 10.1. The number of carbonyl (C=O) groups is 1. The number of nitrogens with two attached hydrogens (primary N) is 1. The van der Waals surface area contributed by atoms with Crippen LogP contribution in [0.1, 0.15) is 13.3 Å². The zero-order chi connectivity index (χ0) is 13.1. The molecule has 1 amide bonds. The summed E-state index contributed by atoms with van der Waals surface area (Å²) in [6, 6.07) is -0.745. The first-order valence-electron chi connectivity index (χ1n) is 5.63. The van der Waals surface area contributed by atoms with Crippen molar-refractivity contribution in [3.05, 3.63) is 0 Å². The number of morpholine rings is 1. The summed E-state index contributed by atoms with van der Waals surface area (Å²) in [5.74, 6) is -0.247. The average Bonchev–Trinajstić information content (AvgIpc) is 2.24.